The van der Waals surface area contributed by atoms with E-state index in [1.165, 1.54) is 21.1 Å². The summed E-state index contributed by atoms with van der Waals surface area (Å²) in [6, 6.07) is 8.07. The zero-order valence-electron chi connectivity index (χ0n) is 15.3. The predicted octanol–water partition coefficient (Wildman–Crippen LogP) is 2.15. The Hall–Kier alpha value is -3.39. The van der Waals surface area contributed by atoms with Crippen molar-refractivity contribution in [2.75, 3.05) is 6.54 Å². The zero-order valence-corrected chi connectivity index (χ0v) is 15.3. The quantitative estimate of drug-likeness (QED) is 0.736. The monoisotopic (exact) mass is 378 g/mol. The summed E-state index contributed by atoms with van der Waals surface area (Å²) in [5.74, 6) is 0. The van der Waals surface area contributed by atoms with Crippen LogP contribution in [0.25, 0.3) is 16.9 Å². The summed E-state index contributed by atoms with van der Waals surface area (Å²) >= 11 is 0. The van der Waals surface area contributed by atoms with Gasteiger partial charge in [0.2, 0.25) is 0 Å². The van der Waals surface area contributed by atoms with Crippen LogP contribution in [-0.2, 0) is 13.1 Å². The van der Waals surface area contributed by atoms with E-state index in [1.807, 2.05) is 31.3 Å². The molecule has 142 valence electrons. The third-order valence-electron chi connectivity index (χ3n) is 4.78. The average molecular weight is 378 g/mol. The molecule has 1 aromatic carbocycles. The van der Waals surface area contributed by atoms with Crippen molar-refractivity contribution in [1.82, 2.24) is 19.3 Å². The van der Waals surface area contributed by atoms with Crippen LogP contribution >= 0.6 is 0 Å². The van der Waals surface area contributed by atoms with Gasteiger partial charge < -0.3 is 5.73 Å². The third kappa shape index (κ3) is 3.18. The first-order valence-corrected chi connectivity index (χ1v) is 8.83. The van der Waals surface area contributed by atoms with E-state index in [9.17, 15) is 9.18 Å². The van der Waals surface area contributed by atoms with Crippen molar-refractivity contribution in [1.29, 1.82) is 0 Å². The minimum Gasteiger partial charge on any atom is -0.327 e. The molecule has 7 nitrogen and oxygen atoms in total. The highest BCUT2D eigenvalue weighted by atomic mass is 19.1. The molecule has 0 aliphatic carbocycles. The fourth-order valence-corrected chi connectivity index (χ4v) is 3.18. The van der Waals surface area contributed by atoms with Crippen molar-refractivity contribution in [3.63, 3.8) is 0 Å². The summed E-state index contributed by atoms with van der Waals surface area (Å²) in [6.07, 6.45) is 5.34. The molecule has 0 fully saturated rings. The van der Waals surface area contributed by atoms with E-state index in [1.54, 1.807) is 6.20 Å². The van der Waals surface area contributed by atoms with Crippen molar-refractivity contribution >= 4 is 6.21 Å². The standard InChI is InChI=1S/C20H19FN6O/c1-13-4-18(15-2-3-16-8-23-9-17(16)5-15)24-10-19(13)26-12-25-27(20(26)28)11-14(6-21)7-22/h2-6,8,10,12H,7,9,11,22H2,1H3/b14-6+. The second kappa shape index (κ2) is 7.32. The summed E-state index contributed by atoms with van der Waals surface area (Å²) in [5.41, 5.74) is 11.0. The molecule has 0 bridgehead atoms. The van der Waals surface area contributed by atoms with Crippen molar-refractivity contribution in [2.24, 2.45) is 10.7 Å². The number of pyridine rings is 1. The van der Waals surface area contributed by atoms with Gasteiger partial charge in [0.1, 0.15) is 6.33 Å². The molecule has 1 aliphatic heterocycles. The second-order valence-electron chi connectivity index (χ2n) is 6.65. The number of aromatic nitrogens is 4. The molecule has 3 heterocycles. The van der Waals surface area contributed by atoms with E-state index in [0.717, 1.165) is 22.4 Å². The van der Waals surface area contributed by atoms with E-state index in [4.69, 9.17) is 5.73 Å². The van der Waals surface area contributed by atoms with Crippen LogP contribution in [0.3, 0.4) is 0 Å². The lowest BCUT2D eigenvalue weighted by molar-refractivity contribution is 0.612. The highest BCUT2D eigenvalue weighted by Gasteiger charge is 2.13. The van der Waals surface area contributed by atoms with Crippen LogP contribution < -0.4 is 11.4 Å². The lowest BCUT2D eigenvalue weighted by atomic mass is 10.0. The molecular formula is C20H19FN6O. The molecule has 3 aromatic rings. The van der Waals surface area contributed by atoms with Crippen LogP contribution in [0.15, 0.2) is 58.5 Å². The summed E-state index contributed by atoms with van der Waals surface area (Å²) in [7, 11) is 0. The van der Waals surface area contributed by atoms with Gasteiger partial charge in [-0.05, 0) is 41.3 Å². The topological polar surface area (TPSA) is 91.1 Å². The van der Waals surface area contributed by atoms with Crippen LogP contribution in [-0.4, -0.2) is 32.1 Å². The average Bonchev–Trinajstić information content (AvgIpc) is 3.32. The fourth-order valence-electron chi connectivity index (χ4n) is 3.18. The highest BCUT2D eigenvalue weighted by Crippen LogP contribution is 2.25. The molecule has 4 rings (SSSR count). The molecule has 0 saturated carbocycles. The van der Waals surface area contributed by atoms with Crippen LogP contribution in [0.4, 0.5) is 4.39 Å². The molecule has 8 heteroatoms. The summed E-state index contributed by atoms with van der Waals surface area (Å²) in [5, 5.41) is 4.05. The first-order chi connectivity index (χ1) is 13.6. The van der Waals surface area contributed by atoms with Gasteiger partial charge in [0.15, 0.2) is 0 Å². The van der Waals surface area contributed by atoms with E-state index in [2.05, 4.69) is 21.1 Å². The van der Waals surface area contributed by atoms with Gasteiger partial charge in [-0.3, -0.25) is 9.98 Å². The number of hydrogen-bond acceptors (Lipinski definition) is 5. The maximum absolute atomic E-state index is 12.7. The minimum absolute atomic E-state index is 0.0145. The maximum Gasteiger partial charge on any atom is 0.350 e. The molecule has 0 saturated heterocycles. The fraction of sp³-hybridized carbons (Fsp3) is 0.200. The molecule has 28 heavy (non-hydrogen) atoms. The van der Waals surface area contributed by atoms with Crippen molar-refractivity contribution < 1.29 is 4.39 Å². The summed E-state index contributed by atoms with van der Waals surface area (Å²) < 4.78 is 15.3. The molecule has 0 unspecified atom stereocenters. The molecule has 0 atom stereocenters. The SMILES string of the molecule is Cc1cc(-c2ccc3c(c2)CN=C3)ncc1-n1cnn(C/C(=C/F)CN)c1=O. The number of hydrogen-bond donors (Lipinski definition) is 1. The van der Waals surface area contributed by atoms with Gasteiger partial charge in [-0.1, -0.05) is 12.1 Å². The second-order valence-corrected chi connectivity index (χ2v) is 6.65. The Bertz CT molecular complexity index is 1160. The van der Waals surface area contributed by atoms with Crippen LogP contribution in [0.2, 0.25) is 0 Å². The number of benzene rings is 1. The maximum atomic E-state index is 12.7. The Morgan fingerprint density at radius 1 is 1.36 bits per heavy atom. The van der Waals surface area contributed by atoms with E-state index in [-0.39, 0.29) is 24.4 Å². The van der Waals surface area contributed by atoms with E-state index >= 15 is 0 Å². The van der Waals surface area contributed by atoms with Gasteiger partial charge in [0, 0.05) is 18.3 Å². The Kier molecular flexibility index (Phi) is 4.70. The van der Waals surface area contributed by atoms with Gasteiger partial charge in [-0.2, -0.15) is 5.10 Å². The number of fused-ring (bicyclic) bond motifs is 1. The largest absolute Gasteiger partial charge is 0.350 e. The van der Waals surface area contributed by atoms with Gasteiger partial charge in [-0.25, -0.2) is 18.4 Å². The Morgan fingerprint density at radius 2 is 2.21 bits per heavy atom. The Balaban J connectivity index is 1.66. The van der Waals surface area contributed by atoms with Crippen molar-refractivity contribution in [3.8, 4) is 16.9 Å². The summed E-state index contributed by atoms with van der Waals surface area (Å²) in [6.45, 7) is 2.64. The highest BCUT2D eigenvalue weighted by molar-refractivity contribution is 5.85. The molecule has 0 spiro atoms. The van der Waals surface area contributed by atoms with Crippen molar-refractivity contribution in [3.05, 3.63) is 75.9 Å². The normalized spacial score (nSPS) is 13.2. The lowest BCUT2D eigenvalue weighted by Gasteiger charge is -2.09. The predicted molar refractivity (Wildman–Crippen MR) is 105 cm³/mol. The van der Waals surface area contributed by atoms with Crippen molar-refractivity contribution in [2.45, 2.75) is 20.0 Å². The molecule has 0 radical (unpaired) electrons. The smallest absolute Gasteiger partial charge is 0.327 e. The van der Waals surface area contributed by atoms with Gasteiger partial charge in [-0.15, -0.1) is 0 Å². The number of aliphatic imine (C=N–C) groups is 1. The first kappa shape index (κ1) is 18.0. The van der Waals surface area contributed by atoms with E-state index < -0.39 is 0 Å². The van der Waals surface area contributed by atoms with Crippen LogP contribution in [0.5, 0.6) is 0 Å². The van der Waals surface area contributed by atoms with Crippen LogP contribution in [0, 0.1) is 6.92 Å². The Morgan fingerprint density at radius 3 is 2.96 bits per heavy atom. The van der Waals surface area contributed by atoms with Gasteiger partial charge >= 0.3 is 5.69 Å². The molecule has 2 aromatic heterocycles. The Labute approximate surface area is 160 Å². The number of nitrogens with two attached hydrogens (primary N) is 1. The summed E-state index contributed by atoms with van der Waals surface area (Å²) in [4.78, 5) is 21.4. The molecule has 2 N–H and O–H groups in total. The number of nitrogens with zero attached hydrogens (tertiary/aromatic N) is 5. The molecular weight excluding hydrogens is 359 g/mol. The number of rotatable bonds is 5. The van der Waals surface area contributed by atoms with Crippen LogP contribution in [0.1, 0.15) is 16.7 Å². The van der Waals surface area contributed by atoms with Gasteiger partial charge in [0.25, 0.3) is 0 Å². The molecule has 1 aliphatic rings. The third-order valence-corrected chi connectivity index (χ3v) is 4.78. The minimum atomic E-state index is -0.375. The number of halogens is 1. The van der Waals surface area contributed by atoms with Gasteiger partial charge in [0.05, 0.1) is 37.0 Å². The number of aryl methyl sites for hydroxylation is 1. The van der Waals surface area contributed by atoms with E-state index in [0.29, 0.717) is 18.6 Å². The zero-order chi connectivity index (χ0) is 19.7. The lowest BCUT2D eigenvalue weighted by Crippen LogP contribution is -2.26. The molecule has 0 amide bonds. The first-order valence-electron chi connectivity index (χ1n) is 8.83.